The van der Waals surface area contributed by atoms with Gasteiger partial charge in [-0.3, -0.25) is 9.59 Å². The van der Waals surface area contributed by atoms with E-state index in [4.69, 9.17) is 5.73 Å². The molecule has 154 valence electrons. The van der Waals surface area contributed by atoms with E-state index in [9.17, 15) is 9.59 Å². The van der Waals surface area contributed by atoms with Crippen LogP contribution >= 0.6 is 11.3 Å². The van der Waals surface area contributed by atoms with Gasteiger partial charge in [0.15, 0.2) is 0 Å². The van der Waals surface area contributed by atoms with E-state index < -0.39 is 0 Å². The first-order chi connectivity index (χ1) is 14.4. The third-order valence-corrected chi connectivity index (χ3v) is 7.28. The third-order valence-electron chi connectivity index (χ3n) is 6.20. The number of likely N-dealkylation sites (tertiary alicyclic amines) is 1. The Morgan fingerprint density at radius 1 is 1.17 bits per heavy atom. The summed E-state index contributed by atoms with van der Waals surface area (Å²) in [5, 5.41) is 12.2. The lowest BCUT2D eigenvalue weighted by Crippen LogP contribution is -2.61. The fourth-order valence-electron chi connectivity index (χ4n) is 4.14. The standard InChI is InChI=1S/C22H23N5O2S/c1-11-12(2)25-26-21-17(11)18(23)19(30-21)22(29)27-9-14(10-27)24-20(28)16-8-15(16)13-6-4-3-5-7-13/h3-7,14-16H,8-10,23H2,1-2H3,(H,24,28). The van der Waals surface area contributed by atoms with E-state index in [1.165, 1.54) is 16.9 Å². The predicted molar refractivity (Wildman–Crippen MR) is 116 cm³/mol. The summed E-state index contributed by atoms with van der Waals surface area (Å²) >= 11 is 1.28. The molecule has 7 nitrogen and oxygen atoms in total. The van der Waals surface area contributed by atoms with Gasteiger partial charge in [-0.15, -0.1) is 16.4 Å². The number of aryl methyl sites for hydroxylation is 2. The number of nitrogen functional groups attached to an aromatic ring is 1. The number of aromatic nitrogens is 2. The molecule has 0 bridgehead atoms. The minimum atomic E-state index is -0.105. The fraction of sp³-hybridized carbons (Fsp3) is 0.364. The van der Waals surface area contributed by atoms with Gasteiger partial charge in [-0.25, -0.2) is 0 Å². The minimum absolute atomic E-state index is 0.00199. The van der Waals surface area contributed by atoms with Crippen LogP contribution in [-0.2, 0) is 4.79 Å². The van der Waals surface area contributed by atoms with Crippen molar-refractivity contribution in [2.45, 2.75) is 32.2 Å². The number of nitrogens with two attached hydrogens (primary N) is 1. The average molecular weight is 422 g/mol. The van der Waals surface area contributed by atoms with Crippen LogP contribution in [-0.4, -0.2) is 46.0 Å². The van der Waals surface area contributed by atoms with Gasteiger partial charge in [0.25, 0.3) is 5.91 Å². The van der Waals surface area contributed by atoms with Gasteiger partial charge in [0, 0.05) is 24.4 Å². The second kappa shape index (κ2) is 7.05. The van der Waals surface area contributed by atoms with Crippen molar-refractivity contribution in [2.75, 3.05) is 18.8 Å². The van der Waals surface area contributed by atoms with Crippen LogP contribution in [0.5, 0.6) is 0 Å². The van der Waals surface area contributed by atoms with E-state index in [0.29, 0.717) is 34.4 Å². The van der Waals surface area contributed by atoms with Crippen LogP contribution < -0.4 is 11.1 Å². The number of hydrogen-bond acceptors (Lipinski definition) is 6. The first kappa shape index (κ1) is 19.0. The molecule has 0 spiro atoms. The lowest BCUT2D eigenvalue weighted by Gasteiger charge is -2.39. The summed E-state index contributed by atoms with van der Waals surface area (Å²) in [4.78, 5) is 28.4. The number of thiophene rings is 1. The van der Waals surface area contributed by atoms with Crippen molar-refractivity contribution in [1.82, 2.24) is 20.4 Å². The lowest BCUT2D eigenvalue weighted by molar-refractivity contribution is -0.124. The molecule has 1 aliphatic heterocycles. The number of fused-ring (bicyclic) bond motifs is 1. The van der Waals surface area contributed by atoms with Crippen LogP contribution in [0.15, 0.2) is 30.3 Å². The maximum absolute atomic E-state index is 12.9. The van der Waals surface area contributed by atoms with E-state index in [-0.39, 0.29) is 23.8 Å². The highest BCUT2D eigenvalue weighted by Gasteiger charge is 2.45. The molecule has 2 unspecified atom stereocenters. The highest BCUT2D eigenvalue weighted by Crippen LogP contribution is 2.47. The molecule has 3 N–H and O–H groups in total. The summed E-state index contributed by atoms with van der Waals surface area (Å²) in [5.41, 5.74) is 9.75. The molecule has 3 heterocycles. The molecule has 8 heteroatoms. The van der Waals surface area contributed by atoms with Crippen molar-refractivity contribution < 1.29 is 9.59 Å². The summed E-state index contributed by atoms with van der Waals surface area (Å²) in [7, 11) is 0. The Bertz CT molecular complexity index is 1150. The smallest absolute Gasteiger partial charge is 0.266 e. The molecule has 2 atom stereocenters. The zero-order valence-electron chi connectivity index (χ0n) is 16.9. The fourth-order valence-corrected chi connectivity index (χ4v) is 5.21. The minimum Gasteiger partial charge on any atom is -0.397 e. The van der Waals surface area contributed by atoms with Crippen LogP contribution in [0.3, 0.4) is 0 Å². The molecule has 1 saturated heterocycles. The zero-order valence-corrected chi connectivity index (χ0v) is 17.7. The number of carbonyl (C=O) groups is 2. The quantitative estimate of drug-likeness (QED) is 0.674. The number of rotatable bonds is 4. The molecule has 1 saturated carbocycles. The zero-order chi connectivity index (χ0) is 21.0. The van der Waals surface area contributed by atoms with E-state index in [2.05, 4.69) is 27.6 Å². The normalized spacial score (nSPS) is 20.8. The van der Waals surface area contributed by atoms with E-state index >= 15 is 0 Å². The van der Waals surface area contributed by atoms with Crippen molar-refractivity contribution in [3.63, 3.8) is 0 Å². The van der Waals surface area contributed by atoms with Crippen LogP contribution in [0.1, 0.15) is 38.8 Å². The number of anilines is 1. The summed E-state index contributed by atoms with van der Waals surface area (Å²) in [6.07, 6.45) is 0.892. The summed E-state index contributed by atoms with van der Waals surface area (Å²) in [6.45, 7) is 4.83. The van der Waals surface area contributed by atoms with Crippen LogP contribution in [0.25, 0.3) is 10.2 Å². The van der Waals surface area contributed by atoms with Gasteiger partial charge in [-0.1, -0.05) is 30.3 Å². The Balaban J connectivity index is 1.20. The van der Waals surface area contributed by atoms with Gasteiger partial charge in [0.2, 0.25) is 5.91 Å². The number of amides is 2. The molecule has 2 amide bonds. The van der Waals surface area contributed by atoms with E-state index in [0.717, 1.165) is 23.1 Å². The third kappa shape index (κ3) is 3.11. The van der Waals surface area contributed by atoms with Crippen LogP contribution in [0.4, 0.5) is 5.69 Å². The Kier molecular flexibility index (Phi) is 4.47. The van der Waals surface area contributed by atoms with Gasteiger partial charge in [0.05, 0.1) is 17.4 Å². The monoisotopic (exact) mass is 421 g/mol. The number of hydrogen-bond donors (Lipinski definition) is 2. The molecular formula is C22H23N5O2S. The number of nitrogens with one attached hydrogen (secondary N) is 1. The van der Waals surface area contributed by atoms with Gasteiger partial charge >= 0.3 is 0 Å². The molecule has 2 aromatic heterocycles. The van der Waals surface area contributed by atoms with Gasteiger partial charge < -0.3 is 16.0 Å². The molecule has 0 radical (unpaired) electrons. The summed E-state index contributed by atoms with van der Waals surface area (Å²) in [5.74, 6) is 0.339. The van der Waals surface area contributed by atoms with Crippen molar-refractivity contribution in [3.05, 3.63) is 52.0 Å². The Labute approximate surface area is 178 Å². The Hall–Kier alpha value is -3.00. The second-order valence-corrected chi connectivity index (χ2v) is 9.21. The molecule has 1 aliphatic carbocycles. The van der Waals surface area contributed by atoms with E-state index in [1.54, 1.807) is 4.90 Å². The molecular weight excluding hydrogens is 398 g/mol. The van der Waals surface area contributed by atoms with Crippen LogP contribution in [0, 0.1) is 19.8 Å². The SMILES string of the molecule is Cc1nnc2sc(C(=O)N3CC(NC(=O)C4CC4c4ccccc4)C3)c(N)c2c1C. The second-order valence-electron chi connectivity index (χ2n) is 8.21. The molecule has 2 fully saturated rings. The molecule has 3 aromatic rings. The number of benzene rings is 1. The molecule has 2 aliphatic rings. The van der Waals surface area contributed by atoms with Crippen molar-refractivity contribution in [3.8, 4) is 0 Å². The molecule has 5 rings (SSSR count). The van der Waals surface area contributed by atoms with Crippen molar-refractivity contribution in [2.24, 2.45) is 5.92 Å². The maximum atomic E-state index is 12.9. The van der Waals surface area contributed by atoms with E-state index in [1.807, 2.05) is 32.0 Å². The average Bonchev–Trinajstić information content (AvgIpc) is 3.45. The molecule has 30 heavy (non-hydrogen) atoms. The van der Waals surface area contributed by atoms with Crippen molar-refractivity contribution >= 4 is 39.1 Å². The number of nitrogens with zero attached hydrogens (tertiary/aromatic N) is 3. The Morgan fingerprint density at radius 2 is 1.90 bits per heavy atom. The highest BCUT2D eigenvalue weighted by atomic mass is 32.1. The first-order valence-corrected chi connectivity index (χ1v) is 10.9. The largest absolute Gasteiger partial charge is 0.397 e. The van der Waals surface area contributed by atoms with Gasteiger partial charge in [-0.05, 0) is 37.3 Å². The summed E-state index contributed by atoms with van der Waals surface area (Å²) in [6, 6.07) is 10.1. The first-order valence-electron chi connectivity index (χ1n) is 10.1. The maximum Gasteiger partial charge on any atom is 0.266 e. The highest BCUT2D eigenvalue weighted by molar-refractivity contribution is 7.21. The van der Waals surface area contributed by atoms with Gasteiger partial charge in [0.1, 0.15) is 9.71 Å². The van der Waals surface area contributed by atoms with Crippen molar-refractivity contribution in [1.29, 1.82) is 0 Å². The van der Waals surface area contributed by atoms with Crippen LogP contribution in [0.2, 0.25) is 0 Å². The predicted octanol–water partition coefficient (Wildman–Crippen LogP) is 2.63. The topological polar surface area (TPSA) is 101 Å². The van der Waals surface area contributed by atoms with Gasteiger partial charge in [-0.2, -0.15) is 5.10 Å². The number of carbonyl (C=O) groups excluding carboxylic acids is 2. The Morgan fingerprint density at radius 3 is 2.63 bits per heavy atom. The summed E-state index contributed by atoms with van der Waals surface area (Å²) < 4.78 is 0. The molecule has 1 aromatic carbocycles. The lowest BCUT2D eigenvalue weighted by atomic mass is 10.1.